The molecular formula is C18H22ClN3O4S. The van der Waals surface area contributed by atoms with Gasteiger partial charge in [-0.05, 0) is 44.0 Å². The van der Waals surface area contributed by atoms with E-state index in [0.717, 1.165) is 12.8 Å². The van der Waals surface area contributed by atoms with E-state index in [1.807, 2.05) is 0 Å². The van der Waals surface area contributed by atoms with E-state index in [9.17, 15) is 13.2 Å². The molecule has 2 aromatic rings. The number of nitrogens with one attached hydrogen (secondary N) is 1. The fourth-order valence-corrected chi connectivity index (χ4v) is 4.71. The molecule has 1 aromatic heterocycles. The number of amides is 1. The summed E-state index contributed by atoms with van der Waals surface area (Å²) in [4.78, 5) is 14.5. The Labute approximate surface area is 163 Å². The Hall–Kier alpha value is -2.19. The quantitative estimate of drug-likeness (QED) is 0.819. The molecule has 0 spiro atoms. The highest BCUT2D eigenvalue weighted by molar-refractivity contribution is 7.92. The number of halogens is 1. The number of hydrogen-bond donors (Lipinski definition) is 1. The molecule has 1 fully saturated rings. The standard InChI is InChI=1S/C18H22ClN3O4S/c1-12-17(11-15(21(12)2)18(23)22-8-4-5-9-22)27(24,25)20-14-10-13(19)6-7-16(14)26-3/h6-7,10-11,20H,4-5,8-9H2,1-3H3. The van der Waals surface area contributed by atoms with Gasteiger partial charge in [-0.3, -0.25) is 9.52 Å². The van der Waals surface area contributed by atoms with Gasteiger partial charge in [0.15, 0.2) is 0 Å². The van der Waals surface area contributed by atoms with Gasteiger partial charge in [0.1, 0.15) is 16.3 Å². The normalized spacial score (nSPS) is 14.4. The molecule has 3 rings (SSSR count). The summed E-state index contributed by atoms with van der Waals surface area (Å²) in [5.41, 5.74) is 1.07. The number of carbonyl (C=O) groups excluding carboxylic acids is 1. The van der Waals surface area contributed by atoms with Crippen molar-refractivity contribution in [2.45, 2.75) is 24.7 Å². The molecule has 0 unspecified atom stereocenters. The smallest absolute Gasteiger partial charge is 0.270 e. The van der Waals surface area contributed by atoms with E-state index in [0.29, 0.717) is 35.2 Å². The van der Waals surface area contributed by atoms with Crippen LogP contribution in [0.4, 0.5) is 5.69 Å². The number of aromatic nitrogens is 1. The molecule has 0 bridgehead atoms. The van der Waals surface area contributed by atoms with E-state index in [1.165, 1.54) is 19.2 Å². The molecule has 1 aliphatic heterocycles. The number of methoxy groups -OCH3 is 1. The van der Waals surface area contributed by atoms with Crippen molar-refractivity contribution in [2.75, 3.05) is 24.9 Å². The van der Waals surface area contributed by atoms with Gasteiger partial charge >= 0.3 is 0 Å². The van der Waals surface area contributed by atoms with Crippen LogP contribution in [0.2, 0.25) is 5.02 Å². The van der Waals surface area contributed by atoms with Gasteiger partial charge < -0.3 is 14.2 Å². The predicted octanol–water partition coefficient (Wildman–Crippen LogP) is 3.03. The molecule has 1 N–H and O–H groups in total. The zero-order valence-corrected chi connectivity index (χ0v) is 17.0. The number of anilines is 1. The fraction of sp³-hybridized carbons (Fsp3) is 0.389. The Bertz CT molecular complexity index is 979. The molecule has 0 atom stereocenters. The second-order valence-corrected chi connectivity index (χ2v) is 8.57. The Balaban J connectivity index is 1.97. The van der Waals surface area contributed by atoms with Crippen molar-refractivity contribution >= 4 is 33.2 Å². The first-order valence-electron chi connectivity index (χ1n) is 8.56. The SMILES string of the molecule is COc1ccc(Cl)cc1NS(=O)(=O)c1cc(C(=O)N2CCCC2)n(C)c1C. The van der Waals surface area contributed by atoms with E-state index in [-0.39, 0.29) is 16.5 Å². The molecule has 0 saturated carbocycles. The minimum atomic E-state index is -3.93. The summed E-state index contributed by atoms with van der Waals surface area (Å²) in [6.07, 6.45) is 1.94. The van der Waals surface area contributed by atoms with Crippen LogP contribution >= 0.6 is 11.6 Å². The lowest BCUT2D eigenvalue weighted by molar-refractivity contribution is 0.0783. The maximum Gasteiger partial charge on any atom is 0.270 e. The summed E-state index contributed by atoms with van der Waals surface area (Å²) < 4.78 is 35.2. The molecule has 1 amide bonds. The van der Waals surface area contributed by atoms with E-state index in [1.54, 1.807) is 35.6 Å². The molecule has 0 aliphatic carbocycles. The zero-order valence-electron chi connectivity index (χ0n) is 15.5. The van der Waals surface area contributed by atoms with Gasteiger partial charge in [0.25, 0.3) is 15.9 Å². The van der Waals surface area contributed by atoms with Crippen molar-refractivity contribution < 1.29 is 17.9 Å². The number of benzene rings is 1. The number of hydrogen-bond acceptors (Lipinski definition) is 4. The van der Waals surface area contributed by atoms with Gasteiger partial charge in [-0.25, -0.2) is 8.42 Å². The molecule has 27 heavy (non-hydrogen) atoms. The van der Waals surface area contributed by atoms with Crippen LogP contribution in [0, 0.1) is 6.92 Å². The highest BCUT2D eigenvalue weighted by Crippen LogP contribution is 2.31. The van der Waals surface area contributed by atoms with E-state index >= 15 is 0 Å². The molecular weight excluding hydrogens is 390 g/mol. The zero-order chi connectivity index (χ0) is 19.8. The van der Waals surface area contributed by atoms with Crippen molar-refractivity contribution in [1.29, 1.82) is 0 Å². The summed E-state index contributed by atoms with van der Waals surface area (Å²) in [7, 11) is -0.794. The molecule has 0 radical (unpaired) electrons. The highest BCUT2D eigenvalue weighted by atomic mass is 35.5. The van der Waals surface area contributed by atoms with Crippen LogP contribution in [-0.2, 0) is 17.1 Å². The Morgan fingerprint density at radius 3 is 2.52 bits per heavy atom. The van der Waals surface area contributed by atoms with Crippen molar-refractivity contribution in [3.05, 3.63) is 40.7 Å². The lowest BCUT2D eigenvalue weighted by Crippen LogP contribution is -2.29. The van der Waals surface area contributed by atoms with Crippen LogP contribution in [0.25, 0.3) is 0 Å². The first kappa shape index (κ1) is 19.6. The van der Waals surface area contributed by atoms with Crippen LogP contribution in [0.15, 0.2) is 29.2 Å². The third kappa shape index (κ3) is 3.77. The summed E-state index contributed by atoms with van der Waals surface area (Å²) in [6, 6.07) is 6.10. The van der Waals surface area contributed by atoms with Gasteiger partial charge in [-0.15, -0.1) is 0 Å². The van der Waals surface area contributed by atoms with Crippen LogP contribution in [0.1, 0.15) is 29.0 Å². The summed E-state index contributed by atoms with van der Waals surface area (Å²) in [5.74, 6) is 0.199. The van der Waals surface area contributed by atoms with Gasteiger partial charge in [0.05, 0.1) is 12.8 Å². The molecule has 146 valence electrons. The summed E-state index contributed by atoms with van der Waals surface area (Å²) in [6.45, 7) is 3.07. The third-order valence-corrected chi connectivity index (χ3v) is 6.51. The maximum atomic E-state index is 13.0. The van der Waals surface area contributed by atoms with Crippen molar-refractivity contribution in [3.8, 4) is 5.75 Å². The minimum Gasteiger partial charge on any atom is -0.495 e. The van der Waals surface area contributed by atoms with E-state index in [4.69, 9.17) is 16.3 Å². The number of sulfonamides is 1. The number of likely N-dealkylation sites (tertiary alicyclic amines) is 1. The lowest BCUT2D eigenvalue weighted by Gasteiger charge is -2.15. The van der Waals surface area contributed by atoms with Crippen LogP contribution < -0.4 is 9.46 Å². The number of nitrogens with zero attached hydrogens (tertiary/aromatic N) is 2. The van der Waals surface area contributed by atoms with Gasteiger partial charge in [-0.2, -0.15) is 0 Å². The predicted molar refractivity (Wildman–Crippen MR) is 104 cm³/mol. The molecule has 7 nitrogen and oxygen atoms in total. The Kier molecular flexibility index (Phi) is 5.39. The number of rotatable bonds is 5. The van der Waals surface area contributed by atoms with Crippen molar-refractivity contribution in [2.24, 2.45) is 7.05 Å². The topological polar surface area (TPSA) is 80.6 Å². The van der Waals surface area contributed by atoms with Crippen LogP contribution in [0.3, 0.4) is 0 Å². The monoisotopic (exact) mass is 411 g/mol. The molecule has 2 heterocycles. The van der Waals surface area contributed by atoms with Gasteiger partial charge in [0, 0.05) is 30.9 Å². The summed E-state index contributed by atoms with van der Waals surface area (Å²) >= 11 is 5.98. The van der Waals surface area contributed by atoms with Crippen LogP contribution in [0.5, 0.6) is 5.75 Å². The highest BCUT2D eigenvalue weighted by Gasteiger charge is 2.28. The fourth-order valence-electron chi connectivity index (χ4n) is 3.19. The molecule has 9 heteroatoms. The second kappa shape index (κ2) is 7.44. The van der Waals surface area contributed by atoms with E-state index in [2.05, 4.69) is 4.72 Å². The first-order chi connectivity index (χ1) is 12.7. The first-order valence-corrected chi connectivity index (χ1v) is 10.4. The minimum absolute atomic E-state index is 0.0505. The molecule has 1 aromatic carbocycles. The second-order valence-electron chi connectivity index (χ2n) is 6.49. The van der Waals surface area contributed by atoms with E-state index < -0.39 is 10.0 Å². The molecule has 1 aliphatic rings. The molecule has 1 saturated heterocycles. The Morgan fingerprint density at radius 1 is 1.22 bits per heavy atom. The average molecular weight is 412 g/mol. The van der Waals surface area contributed by atoms with Gasteiger partial charge in [-0.1, -0.05) is 11.6 Å². The maximum absolute atomic E-state index is 13.0. The third-order valence-electron chi connectivity index (χ3n) is 4.80. The average Bonchev–Trinajstić information content (AvgIpc) is 3.24. The lowest BCUT2D eigenvalue weighted by atomic mass is 10.3. The summed E-state index contributed by atoms with van der Waals surface area (Å²) in [5, 5.41) is 0.378. The van der Waals surface area contributed by atoms with Crippen molar-refractivity contribution in [3.63, 3.8) is 0 Å². The van der Waals surface area contributed by atoms with Crippen LogP contribution in [-0.4, -0.2) is 44.0 Å². The largest absolute Gasteiger partial charge is 0.495 e. The number of ether oxygens (including phenoxy) is 1. The Morgan fingerprint density at radius 2 is 1.89 bits per heavy atom. The number of carbonyl (C=O) groups is 1. The van der Waals surface area contributed by atoms with Gasteiger partial charge in [0.2, 0.25) is 0 Å². The van der Waals surface area contributed by atoms with Crippen molar-refractivity contribution in [1.82, 2.24) is 9.47 Å².